The summed E-state index contributed by atoms with van der Waals surface area (Å²) in [5, 5.41) is 2.89. The Morgan fingerprint density at radius 1 is 1.11 bits per heavy atom. The molecule has 3 aromatic carbocycles. The number of halogens is 1. The minimum absolute atomic E-state index is 0.212. The fourth-order valence-corrected chi connectivity index (χ4v) is 3.45. The van der Waals surface area contributed by atoms with Crippen LogP contribution < -0.4 is 10.1 Å². The fraction of sp³-hybridized carbons (Fsp3) is 0.0909. The number of nitrogens with one attached hydrogen (secondary N) is 1. The third kappa shape index (κ3) is 3.92. The lowest BCUT2D eigenvalue weighted by Gasteiger charge is -2.07. The second-order valence-electron chi connectivity index (χ2n) is 6.26. The summed E-state index contributed by atoms with van der Waals surface area (Å²) in [7, 11) is 1.58. The van der Waals surface area contributed by atoms with Crippen LogP contribution in [-0.4, -0.2) is 18.0 Å². The topological polar surface area (TPSA) is 64.4 Å². The van der Waals surface area contributed by atoms with Gasteiger partial charge in [-0.05, 0) is 57.9 Å². The summed E-state index contributed by atoms with van der Waals surface area (Å²) in [6.45, 7) is 0. The Labute approximate surface area is 170 Å². The molecule has 4 aromatic rings. The van der Waals surface area contributed by atoms with Crippen molar-refractivity contribution in [2.75, 3.05) is 12.4 Å². The van der Waals surface area contributed by atoms with Crippen LogP contribution in [0, 0.1) is 0 Å². The number of ether oxygens (including phenoxy) is 1. The molecule has 0 saturated carbocycles. The van der Waals surface area contributed by atoms with Crippen molar-refractivity contribution in [2.45, 2.75) is 6.42 Å². The first-order valence-corrected chi connectivity index (χ1v) is 9.50. The van der Waals surface area contributed by atoms with Gasteiger partial charge in [0.1, 0.15) is 11.3 Å². The number of oxazole rings is 1. The van der Waals surface area contributed by atoms with Crippen LogP contribution in [0.1, 0.15) is 21.8 Å². The first-order chi connectivity index (χ1) is 13.6. The lowest BCUT2D eigenvalue weighted by atomic mass is 10.1. The van der Waals surface area contributed by atoms with Gasteiger partial charge in [0.05, 0.1) is 11.6 Å². The normalized spacial score (nSPS) is 10.8. The third-order valence-electron chi connectivity index (χ3n) is 4.30. The second-order valence-corrected chi connectivity index (χ2v) is 7.11. The highest BCUT2D eigenvalue weighted by Crippen LogP contribution is 2.26. The maximum atomic E-state index is 12.5. The van der Waals surface area contributed by atoms with Crippen LogP contribution in [0.4, 0.5) is 5.69 Å². The van der Waals surface area contributed by atoms with Crippen LogP contribution in [0.25, 0.3) is 11.1 Å². The van der Waals surface area contributed by atoms with Crippen LogP contribution in [0.2, 0.25) is 0 Å². The van der Waals surface area contributed by atoms with Gasteiger partial charge in [0, 0.05) is 17.7 Å². The minimum Gasteiger partial charge on any atom is -0.496 e. The van der Waals surface area contributed by atoms with Gasteiger partial charge in [0.25, 0.3) is 5.91 Å². The van der Waals surface area contributed by atoms with E-state index in [2.05, 4.69) is 26.2 Å². The van der Waals surface area contributed by atoms with Crippen LogP contribution >= 0.6 is 15.9 Å². The quantitative estimate of drug-likeness (QED) is 0.452. The summed E-state index contributed by atoms with van der Waals surface area (Å²) in [5.74, 6) is 1.10. The Balaban J connectivity index is 1.53. The number of anilines is 1. The van der Waals surface area contributed by atoms with Gasteiger partial charge in [-0.2, -0.15) is 0 Å². The van der Waals surface area contributed by atoms with Crippen molar-refractivity contribution in [3.63, 3.8) is 0 Å². The average molecular weight is 437 g/mol. The Morgan fingerprint density at radius 2 is 1.93 bits per heavy atom. The molecule has 4 rings (SSSR count). The predicted molar refractivity (Wildman–Crippen MR) is 112 cm³/mol. The summed E-state index contributed by atoms with van der Waals surface area (Å²) in [6, 6.07) is 20.6. The summed E-state index contributed by atoms with van der Waals surface area (Å²) in [6.07, 6.45) is 0.622. The SMILES string of the molecule is COc1ccc(C(=O)Nc2ccc3oc(Cc4ccccc4)nc3c2)cc1Br. The van der Waals surface area contributed by atoms with E-state index in [0.717, 1.165) is 10.0 Å². The molecule has 0 radical (unpaired) electrons. The van der Waals surface area contributed by atoms with E-state index < -0.39 is 0 Å². The van der Waals surface area contributed by atoms with E-state index in [0.29, 0.717) is 40.4 Å². The molecular weight excluding hydrogens is 420 g/mol. The smallest absolute Gasteiger partial charge is 0.255 e. The number of rotatable bonds is 5. The number of aromatic nitrogens is 1. The zero-order valence-corrected chi connectivity index (χ0v) is 16.7. The van der Waals surface area contributed by atoms with Crippen LogP contribution in [-0.2, 0) is 6.42 Å². The van der Waals surface area contributed by atoms with Gasteiger partial charge in [-0.1, -0.05) is 30.3 Å². The maximum Gasteiger partial charge on any atom is 0.255 e. The number of hydrogen-bond donors (Lipinski definition) is 1. The molecule has 140 valence electrons. The van der Waals surface area contributed by atoms with Gasteiger partial charge in [0.15, 0.2) is 11.5 Å². The molecule has 1 heterocycles. The van der Waals surface area contributed by atoms with Crippen molar-refractivity contribution < 1.29 is 13.9 Å². The number of carbonyl (C=O) groups is 1. The molecule has 1 N–H and O–H groups in total. The molecule has 0 spiro atoms. The molecule has 0 bridgehead atoms. The van der Waals surface area contributed by atoms with Crippen LogP contribution in [0.5, 0.6) is 5.75 Å². The number of fused-ring (bicyclic) bond motifs is 1. The zero-order chi connectivity index (χ0) is 19.5. The number of hydrogen-bond acceptors (Lipinski definition) is 4. The van der Waals surface area contributed by atoms with Crippen molar-refractivity contribution in [2.24, 2.45) is 0 Å². The maximum absolute atomic E-state index is 12.5. The van der Waals surface area contributed by atoms with Gasteiger partial charge in [-0.15, -0.1) is 0 Å². The lowest BCUT2D eigenvalue weighted by Crippen LogP contribution is -2.11. The summed E-state index contributed by atoms with van der Waals surface area (Å²) in [4.78, 5) is 17.1. The number of carbonyl (C=O) groups excluding carboxylic acids is 1. The highest BCUT2D eigenvalue weighted by Gasteiger charge is 2.12. The van der Waals surface area contributed by atoms with Gasteiger partial charge < -0.3 is 14.5 Å². The van der Waals surface area contributed by atoms with E-state index in [-0.39, 0.29) is 5.91 Å². The van der Waals surface area contributed by atoms with E-state index in [4.69, 9.17) is 9.15 Å². The predicted octanol–water partition coefficient (Wildman–Crippen LogP) is 5.44. The Hall–Kier alpha value is -3.12. The third-order valence-corrected chi connectivity index (χ3v) is 4.92. The molecule has 0 aliphatic rings. The molecule has 5 nitrogen and oxygen atoms in total. The van der Waals surface area contributed by atoms with E-state index in [9.17, 15) is 4.79 Å². The Bertz CT molecular complexity index is 1140. The van der Waals surface area contributed by atoms with E-state index in [1.807, 2.05) is 42.5 Å². The highest BCUT2D eigenvalue weighted by molar-refractivity contribution is 9.10. The Kier molecular flexibility index (Phi) is 5.12. The lowest BCUT2D eigenvalue weighted by molar-refractivity contribution is 0.102. The molecule has 1 aromatic heterocycles. The average Bonchev–Trinajstić information content (AvgIpc) is 3.10. The first-order valence-electron chi connectivity index (χ1n) is 8.70. The van der Waals surface area contributed by atoms with Gasteiger partial charge >= 0.3 is 0 Å². The number of amides is 1. The standard InChI is InChI=1S/C22H17BrN2O3/c1-27-19-9-7-15(12-17(19)23)22(26)24-16-8-10-20-18(13-16)25-21(28-20)11-14-5-3-2-4-6-14/h2-10,12-13H,11H2,1H3,(H,24,26). The number of methoxy groups -OCH3 is 1. The molecular formula is C22H17BrN2O3. The van der Waals surface area contributed by atoms with Crippen molar-refractivity contribution in [1.29, 1.82) is 0 Å². The molecule has 28 heavy (non-hydrogen) atoms. The van der Waals surface area contributed by atoms with Gasteiger partial charge in [-0.25, -0.2) is 4.98 Å². The summed E-state index contributed by atoms with van der Waals surface area (Å²) < 4.78 is 11.7. The molecule has 0 unspecified atom stereocenters. The molecule has 0 atom stereocenters. The molecule has 0 fully saturated rings. The first kappa shape index (κ1) is 18.3. The highest BCUT2D eigenvalue weighted by atomic mass is 79.9. The van der Waals surface area contributed by atoms with E-state index >= 15 is 0 Å². The zero-order valence-electron chi connectivity index (χ0n) is 15.1. The van der Waals surface area contributed by atoms with E-state index in [1.54, 1.807) is 31.4 Å². The molecule has 6 heteroatoms. The van der Waals surface area contributed by atoms with Crippen LogP contribution in [0.15, 0.2) is 75.6 Å². The van der Waals surface area contributed by atoms with Gasteiger partial charge in [0.2, 0.25) is 0 Å². The molecule has 0 aliphatic heterocycles. The van der Waals surface area contributed by atoms with Crippen molar-refractivity contribution in [3.8, 4) is 5.75 Å². The Morgan fingerprint density at radius 3 is 2.68 bits per heavy atom. The minimum atomic E-state index is -0.212. The molecule has 0 aliphatic carbocycles. The largest absolute Gasteiger partial charge is 0.496 e. The van der Waals surface area contributed by atoms with Gasteiger partial charge in [-0.3, -0.25) is 4.79 Å². The van der Waals surface area contributed by atoms with E-state index in [1.165, 1.54) is 0 Å². The number of nitrogens with zero attached hydrogens (tertiary/aromatic N) is 1. The molecule has 1 amide bonds. The number of benzene rings is 3. The van der Waals surface area contributed by atoms with Crippen molar-refractivity contribution in [1.82, 2.24) is 4.98 Å². The molecule has 0 saturated heterocycles. The van der Waals surface area contributed by atoms with Crippen molar-refractivity contribution in [3.05, 3.63) is 88.2 Å². The fourth-order valence-electron chi connectivity index (χ4n) is 2.91. The second kappa shape index (κ2) is 7.86. The summed E-state index contributed by atoms with van der Waals surface area (Å²) in [5.41, 5.74) is 3.71. The van der Waals surface area contributed by atoms with Crippen LogP contribution in [0.3, 0.4) is 0 Å². The summed E-state index contributed by atoms with van der Waals surface area (Å²) >= 11 is 3.40. The monoisotopic (exact) mass is 436 g/mol. The van der Waals surface area contributed by atoms with Crippen molar-refractivity contribution >= 4 is 38.6 Å².